The van der Waals surface area contributed by atoms with E-state index in [4.69, 9.17) is 15.0 Å². The lowest BCUT2D eigenvalue weighted by molar-refractivity contribution is 1.07. The summed E-state index contributed by atoms with van der Waals surface area (Å²) >= 11 is 1.85. The van der Waals surface area contributed by atoms with Gasteiger partial charge in [-0.3, -0.25) is 0 Å². The summed E-state index contributed by atoms with van der Waals surface area (Å²) in [6, 6.07) is 79.9. The molecule has 4 heteroatoms. The lowest BCUT2D eigenvalue weighted by Crippen LogP contribution is -2.00. The van der Waals surface area contributed by atoms with E-state index < -0.39 is 0 Å². The number of thiophene rings is 1. The van der Waals surface area contributed by atoms with Crippen LogP contribution in [0.15, 0.2) is 224 Å². The van der Waals surface area contributed by atoms with Crippen molar-refractivity contribution in [3.05, 3.63) is 224 Å². The van der Waals surface area contributed by atoms with E-state index in [1.54, 1.807) is 0 Å². The fourth-order valence-electron chi connectivity index (χ4n) is 9.06. The highest BCUT2D eigenvalue weighted by Crippen LogP contribution is 2.41. The minimum atomic E-state index is 0.623. The van der Waals surface area contributed by atoms with Crippen LogP contribution in [0.25, 0.3) is 120 Å². The third kappa shape index (κ3) is 6.65. The molecular formula is C59H37N3S. The molecule has 0 amide bonds. The molecule has 0 spiro atoms. The Kier molecular flexibility index (Phi) is 9.02. The molecule has 0 aliphatic heterocycles. The number of aromatic nitrogens is 3. The number of nitrogens with zero attached hydrogens (tertiary/aromatic N) is 3. The fraction of sp³-hybridized carbons (Fsp3) is 0. The number of rotatable bonds is 7. The van der Waals surface area contributed by atoms with Gasteiger partial charge in [-0.1, -0.05) is 206 Å². The lowest BCUT2D eigenvalue weighted by atomic mass is 9.91. The van der Waals surface area contributed by atoms with Crippen molar-refractivity contribution in [1.82, 2.24) is 15.0 Å². The predicted molar refractivity (Wildman–Crippen MR) is 266 cm³/mol. The SMILES string of the molecule is c1ccc(-c2cccc3ccc(-c4nc(-c5ccc(-c6cccc7c6sc6ccccc67)cc5)nc(-c5cccc(-c6ccc(-c7ccccc7)c7ccccc67)c5)n4)cc23)cc1. The van der Waals surface area contributed by atoms with Gasteiger partial charge in [-0.15, -0.1) is 11.3 Å². The molecule has 0 saturated heterocycles. The van der Waals surface area contributed by atoms with Crippen molar-refractivity contribution in [2.75, 3.05) is 0 Å². The maximum atomic E-state index is 5.26. The average Bonchev–Trinajstić information content (AvgIpc) is 3.75. The van der Waals surface area contributed by atoms with Gasteiger partial charge in [-0.25, -0.2) is 15.0 Å². The number of fused-ring (bicyclic) bond motifs is 5. The van der Waals surface area contributed by atoms with Crippen molar-refractivity contribution in [2.24, 2.45) is 0 Å². The normalized spacial score (nSPS) is 11.5. The summed E-state index contributed by atoms with van der Waals surface area (Å²) in [5.74, 6) is 1.88. The zero-order chi connectivity index (χ0) is 41.7. The second-order valence-electron chi connectivity index (χ2n) is 15.9. The molecule has 2 aromatic heterocycles. The van der Waals surface area contributed by atoms with E-state index in [-0.39, 0.29) is 0 Å². The predicted octanol–water partition coefficient (Wildman–Crippen LogP) is 16.2. The molecule has 12 aromatic rings. The van der Waals surface area contributed by atoms with Crippen LogP contribution in [0.4, 0.5) is 0 Å². The largest absolute Gasteiger partial charge is 0.208 e. The maximum Gasteiger partial charge on any atom is 0.164 e. The second-order valence-corrected chi connectivity index (χ2v) is 17.0. The lowest BCUT2D eigenvalue weighted by Gasteiger charge is -2.14. The Morgan fingerprint density at radius 1 is 0.254 bits per heavy atom. The molecule has 63 heavy (non-hydrogen) atoms. The Bertz CT molecular complexity index is 3670. The molecule has 0 N–H and O–H groups in total. The van der Waals surface area contributed by atoms with Gasteiger partial charge in [0.15, 0.2) is 17.5 Å². The van der Waals surface area contributed by atoms with Gasteiger partial charge in [-0.2, -0.15) is 0 Å². The van der Waals surface area contributed by atoms with Crippen LogP contribution in [-0.4, -0.2) is 15.0 Å². The van der Waals surface area contributed by atoms with Crippen LogP contribution in [-0.2, 0) is 0 Å². The van der Waals surface area contributed by atoms with Crippen molar-refractivity contribution in [3.63, 3.8) is 0 Å². The molecule has 0 aliphatic carbocycles. The van der Waals surface area contributed by atoms with Crippen LogP contribution < -0.4 is 0 Å². The molecule has 0 atom stereocenters. The van der Waals surface area contributed by atoms with Gasteiger partial charge in [-0.05, 0) is 84.3 Å². The molecule has 0 saturated carbocycles. The van der Waals surface area contributed by atoms with Gasteiger partial charge in [0.1, 0.15) is 0 Å². The van der Waals surface area contributed by atoms with E-state index >= 15 is 0 Å². The zero-order valence-electron chi connectivity index (χ0n) is 34.1. The molecule has 3 nitrogen and oxygen atoms in total. The third-order valence-corrected chi connectivity index (χ3v) is 13.4. The summed E-state index contributed by atoms with van der Waals surface area (Å²) in [6.07, 6.45) is 0. The van der Waals surface area contributed by atoms with Gasteiger partial charge in [0.2, 0.25) is 0 Å². The number of benzene rings is 10. The van der Waals surface area contributed by atoms with E-state index in [0.717, 1.165) is 44.2 Å². The fourth-order valence-corrected chi connectivity index (χ4v) is 10.3. The highest BCUT2D eigenvalue weighted by atomic mass is 32.1. The molecule has 2 heterocycles. The van der Waals surface area contributed by atoms with E-state index in [9.17, 15) is 0 Å². The Balaban J connectivity index is 0.998. The summed E-state index contributed by atoms with van der Waals surface area (Å²) in [6.45, 7) is 0. The third-order valence-electron chi connectivity index (χ3n) is 12.2. The van der Waals surface area contributed by atoms with Crippen LogP contribution in [0.2, 0.25) is 0 Å². The van der Waals surface area contributed by atoms with Crippen molar-refractivity contribution in [1.29, 1.82) is 0 Å². The summed E-state index contributed by atoms with van der Waals surface area (Å²) in [7, 11) is 0. The highest BCUT2D eigenvalue weighted by molar-refractivity contribution is 7.26. The first-order valence-corrected chi connectivity index (χ1v) is 22.1. The Labute approximate surface area is 369 Å². The Morgan fingerprint density at radius 3 is 1.43 bits per heavy atom. The first kappa shape index (κ1) is 36.8. The topological polar surface area (TPSA) is 38.7 Å². The van der Waals surface area contributed by atoms with E-state index in [1.807, 2.05) is 11.3 Å². The molecule has 0 bridgehead atoms. The molecule has 0 radical (unpaired) electrons. The van der Waals surface area contributed by atoms with Gasteiger partial charge in [0.05, 0.1) is 0 Å². The summed E-state index contributed by atoms with van der Waals surface area (Å²) in [4.78, 5) is 15.7. The zero-order valence-corrected chi connectivity index (χ0v) is 34.9. The van der Waals surface area contributed by atoms with Crippen molar-refractivity contribution >= 4 is 53.1 Å². The van der Waals surface area contributed by atoms with Gasteiger partial charge in [0, 0.05) is 36.9 Å². The van der Waals surface area contributed by atoms with Crippen LogP contribution >= 0.6 is 11.3 Å². The molecule has 0 fully saturated rings. The molecule has 12 rings (SSSR count). The minimum Gasteiger partial charge on any atom is -0.208 e. The van der Waals surface area contributed by atoms with Gasteiger partial charge < -0.3 is 0 Å². The molecule has 0 aliphatic rings. The molecule has 294 valence electrons. The summed E-state index contributed by atoms with van der Waals surface area (Å²) in [5, 5.41) is 7.32. The summed E-state index contributed by atoms with van der Waals surface area (Å²) in [5.41, 5.74) is 12.2. The van der Waals surface area contributed by atoms with E-state index in [0.29, 0.717) is 17.5 Å². The van der Waals surface area contributed by atoms with E-state index in [1.165, 1.54) is 58.8 Å². The first-order valence-electron chi connectivity index (χ1n) is 21.3. The Hall–Kier alpha value is -8.05. The maximum absolute atomic E-state index is 5.26. The minimum absolute atomic E-state index is 0.623. The molecule has 0 unspecified atom stereocenters. The number of hydrogen-bond acceptors (Lipinski definition) is 4. The first-order chi connectivity index (χ1) is 31.2. The summed E-state index contributed by atoms with van der Waals surface area (Å²) < 4.78 is 2.59. The van der Waals surface area contributed by atoms with Crippen LogP contribution in [0.1, 0.15) is 0 Å². The van der Waals surface area contributed by atoms with Crippen molar-refractivity contribution in [3.8, 4) is 78.7 Å². The van der Waals surface area contributed by atoms with Crippen LogP contribution in [0, 0.1) is 0 Å². The Morgan fingerprint density at radius 2 is 0.714 bits per heavy atom. The standard InChI is InChI=1S/C59H37N3S/c1-3-14-38(15-4-1)46-24-12-18-40-30-33-45(37-54(40)46)59-61-57(42-31-28-41(29-32-42)49-25-13-26-53-52-23-9-10-27-55(52)63-56(49)53)60-58(62-59)44-20-11-19-43(36-44)48-35-34-47(39-16-5-2-6-17-39)50-21-7-8-22-51(48)50/h1-37H. The van der Waals surface area contributed by atoms with Crippen molar-refractivity contribution < 1.29 is 0 Å². The monoisotopic (exact) mass is 819 g/mol. The number of hydrogen-bond donors (Lipinski definition) is 0. The van der Waals surface area contributed by atoms with E-state index in [2.05, 4.69) is 224 Å². The van der Waals surface area contributed by atoms with Crippen molar-refractivity contribution in [2.45, 2.75) is 0 Å². The molecular weight excluding hydrogens is 783 g/mol. The highest BCUT2D eigenvalue weighted by Gasteiger charge is 2.17. The average molecular weight is 820 g/mol. The quantitative estimate of drug-likeness (QED) is 0.161. The van der Waals surface area contributed by atoms with Crippen LogP contribution in [0.3, 0.4) is 0 Å². The van der Waals surface area contributed by atoms with Crippen LogP contribution in [0.5, 0.6) is 0 Å². The molecule has 10 aromatic carbocycles. The second kappa shape index (κ2) is 15.4. The van der Waals surface area contributed by atoms with Gasteiger partial charge in [0.25, 0.3) is 0 Å². The van der Waals surface area contributed by atoms with Gasteiger partial charge >= 0.3 is 0 Å². The smallest absolute Gasteiger partial charge is 0.164 e.